The number of rotatable bonds is 3. The maximum Gasteiger partial charge on any atom is 0.185 e. The summed E-state index contributed by atoms with van der Waals surface area (Å²) >= 11 is 0. The summed E-state index contributed by atoms with van der Waals surface area (Å²) in [5, 5.41) is 0. The Morgan fingerprint density at radius 2 is 1.47 bits per heavy atom. The molecule has 0 aromatic heterocycles. The van der Waals surface area contributed by atoms with Crippen LogP contribution in [-0.2, 0) is 15.6 Å². The van der Waals surface area contributed by atoms with Crippen molar-refractivity contribution >= 4 is 9.84 Å². The number of halogens is 1. The topological polar surface area (TPSA) is 34.1 Å². The molecule has 0 amide bonds. The van der Waals surface area contributed by atoms with Gasteiger partial charge in [-0.2, -0.15) is 0 Å². The maximum absolute atomic E-state index is 13.4. The summed E-state index contributed by atoms with van der Waals surface area (Å²) in [6, 6.07) is 14.2. The third kappa shape index (κ3) is 2.71. The monoisotopic (exact) mass is 250 g/mol. The van der Waals surface area contributed by atoms with E-state index in [4.69, 9.17) is 0 Å². The highest BCUT2D eigenvalue weighted by molar-refractivity contribution is 7.90. The molecule has 0 unspecified atom stereocenters. The molecule has 0 aliphatic heterocycles. The van der Waals surface area contributed by atoms with Gasteiger partial charge in [0.15, 0.2) is 9.84 Å². The zero-order chi connectivity index (χ0) is 12.3. The quantitative estimate of drug-likeness (QED) is 0.839. The van der Waals surface area contributed by atoms with Crippen LogP contribution in [0, 0.1) is 5.82 Å². The Kier molecular flexibility index (Phi) is 3.24. The smallest absolute Gasteiger partial charge is 0.185 e. The van der Waals surface area contributed by atoms with Gasteiger partial charge in [-0.25, -0.2) is 12.8 Å². The van der Waals surface area contributed by atoms with Crippen molar-refractivity contribution in [3.63, 3.8) is 0 Å². The second-order valence-electron chi connectivity index (χ2n) is 3.68. The minimum atomic E-state index is -3.62. The molecule has 0 radical (unpaired) electrons. The second kappa shape index (κ2) is 4.67. The minimum absolute atomic E-state index is 0.186. The molecule has 2 rings (SSSR count). The van der Waals surface area contributed by atoms with Crippen LogP contribution in [0.15, 0.2) is 59.5 Å². The van der Waals surface area contributed by atoms with Gasteiger partial charge in [-0.1, -0.05) is 42.5 Å². The molecule has 0 aliphatic rings. The van der Waals surface area contributed by atoms with Crippen molar-refractivity contribution in [2.45, 2.75) is 10.6 Å². The maximum atomic E-state index is 13.4. The second-order valence-corrected chi connectivity index (χ2v) is 5.63. The summed E-state index contributed by atoms with van der Waals surface area (Å²) in [6.07, 6.45) is 0. The first-order valence-electron chi connectivity index (χ1n) is 5.11. The highest BCUT2D eigenvalue weighted by Crippen LogP contribution is 2.19. The van der Waals surface area contributed by atoms with E-state index in [9.17, 15) is 12.8 Å². The number of hydrogen-bond donors (Lipinski definition) is 0. The fourth-order valence-electron chi connectivity index (χ4n) is 1.57. The molecular formula is C13H11FO2S. The lowest BCUT2D eigenvalue weighted by Gasteiger charge is -2.05. The summed E-state index contributed by atoms with van der Waals surface area (Å²) in [6.45, 7) is 0. The Hall–Kier alpha value is -1.68. The normalized spacial score (nSPS) is 11.4. The largest absolute Gasteiger partial charge is 0.223 e. The van der Waals surface area contributed by atoms with Crippen molar-refractivity contribution in [3.05, 3.63) is 66.0 Å². The van der Waals surface area contributed by atoms with E-state index >= 15 is 0 Å². The van der Waals surface area contributed by atoms with E-state index in [1.807, 2.05) is 0 Å². The predicted molar refractivity (Wildman–Crippen MR) is 63.7 cm³/mol. The average Bonchev–Trinajstić information content (AvgIpc) is 2.30. The molecule has 2 aromatic rings. The van der Waals surface area contributed by atoms with E-state index in [1.165, 1.54) is 18.2 Å². The molecule has 0 N–H and O–H groups in total. The predicted octanol–water partition coefficient (Wildman–Crippen LogP) is 2.80. The number of hydrogen-bond acceptors (Lipinski definition) is 2. The van der Waals surface area contributed by atoms with Crippen LogP contribution in [0.4, 0.5) is 4.39 Å². The number of benzene rings is 2. The van der Waals surface area contributed by atoms with Gasteiger partial charge < -0.3 is 0 Å². The molecule has 0 heterocycles. The van der Waals surface area contributed by atoms with E-state index in [2.05, 4.69) is 0 Å². The molecule has 0 saturated carbocycles. The van der Waals surface area contributed by atoms with Crippen LogP contribution < -0.4 is 0 Å². The molecule has 0 fully saturated rings. The lowest BCUT2D eigenvalue weighted by Crippen LogP contribution is -2.06. The summed E-state index contributed by atoms with van der Waals surface area (Å²) in [5.41, 5.74) is 0.649. The van der Waals surface area contributed by atoms with Gasteiger partial charge in [0.2, 0.25) is 0 Å². The van der Waals surface area contributed by atoms with E-state index in [0.29, 0.717) is 5.56 Å². The molecule has 4 heteroatoms. The SMILES string of the molecule is O=S(=O)(Cc1ccccc1)c1ccccc1F. The van der Waals surface area contributed by atoms with Gasteiger partial charge in [0.1, 0.15) is 10.7 Å². The lowest BCUT2D eigenvalue weighted by molar-refractivity contribution is 0.566. The number of sulfone groups is 1. The Bertz CT molecular complexity index is 606. The minimum Gasteiger partial charge on any atom is -0.223 e. The average molecular weight is 250 g/mol. The van der Waals surface area contributed by atoms with Crippen LogP contribution in [0.3, 0.4) is 0 Å². The van der Waals surface area contributed by atoms with Crippen LogP contribution in [0.5, 0.6) is 0 Å². The first-order chi connectivity index (χ1) is 8.09. The van der Waals surface area contributed by atoms with Crippen molar-refractivity contribution in [2.75, 3.05) is 0 Å². The Morgan fingerprint density at radius 3 is 2.12 bits per heavy atom. The molecule has 0 aliphatic carbocycles. The van der Waals surface area contributed by atoms with Crippen molar-refractivity contribution in [1.29, 1.82) is 0 Å². The van der Waals surface area contributed by atoms with E-state index < -0.39 is 15.7 Å². The molecular weight excluding hydrogens is 239 g/mol. The zero-order valence-corrected chi connectivity index (χ0v) is 9.82. The molecule has 0 spiro atoms. The highest BCUT2D eigenvalue weighted by atomic mass is 32.2. The Morgan fingerprint density at radius 1 is 0.882 bits per heavy atom. The van der Waals surface area contributed by atoms with Crippen molar-refractivity contribution in [1.82, 2.24) is 0 Å². The van der Waals surface area contributed by atoms with Gasteiger partial charge in [0.05, 0.1) is 5.75 Å². The van der Waals surface area contributed by atoms with Gasteiger partial charge >= 0.3 is 0 Å². The fraction of sp³-hybridized carbons (Fsp3) is 0.0769. The van der Waals surface area contributed by atoms with Crippen LogP contribution in [0.2, 0.25) is 0 Å². The van der Waals surface area contributed by atoms with E-state index in [-0.39, 0.29) is 10.6 Å². The zero-order valence-electron chi connectivity index (χ0n) is 9.01. The van der Waals surface area contributed by atoms with Crippen LogP contribution in [-0.4, -0.2) is 8.42 Å². The fourth-order valence-corrected chi connectivity index (χ4v) is 3.01. The van der Waals surface area contributed by atoms with Gasteiger partial charge in [-0.15, -0.1) is 0 Å². The summed E-state index contributed by atoms with van der Waals surface area (Å²) in [4.78, 5) is -0.246. The van der Waals surface area contributed by atoms with Crippen molar-refractivity contribution in [3.8, 4) is 0 Å². The van der Waals surface area contributed by atoms with Crippen molar-refractivity contribution < 1.29 is 12.8 Å². The first-order valence-corrected chi connectivity index (χ1v) is 6.76. The molecule has 2 aromatic carbocycles. The Labute approximate surface area is 99.6 Å². The standard InChI is InChI=1S/C13H11FO2S/c14-12-8-4-5-9-13(12)17(15,16)10-11-6-2-1-3-7-11/h1-9H,10H2. The van der Waals surface area contributed by atoms with Gasteiger partial charge in [-0.3, -0.25) is 0 Å². The van der Waals surface area contributed by atoms with Crippen LogP contribution in [0.1, 0.15) is 5.56 Å². The molecule has 17 heavy (non-hydrogen) atoms. The van der Waals surface area contributed by atoms with Crippen molar-refractivity contribution in [2.24, 2.45) is 0 Å². The molecule has 0 saturated heterocycles. The summed E-state index contributed by atoms with van der Waals surface area (Å²) in [5.74, 6) is -0.891. The van der Waals surface area contributed by atoms with E-state index in [1.54, 1.807) is 30.3 Å². The first kappa shape index (κ1) is 11.8. The van der Waals surface area contributed by atoms with Gasteiger partial charge in [0, 0.05) is 0 Å². The molecule has 88 valence electrons. The van der Waals surface area contributed by atoms with Gasteiger partial charge in [0.25, 0.3) is 0 Å². The third-order valence-corrected chi connectivity index (χ3v) is 4.09. The lowest BCUT2D eigenvalue weighted by atomic mass is 10.2. The third-order valence-electron chi connectivity index (χ3n) is 2.37. The summed E-state index contributed by atoms with van der Waals surface area (Å²) < 4.78 is 37.4. The van der Waals surface area contributed by atoms with Crippen LogP contribution >= 0.6 is 0 Å². The molecule has 2 nitrogen and oxygen atoms in total. The molecule has 0 atom stereocenters. The van der Waals surface area contributed by atoms with E-state index in [0.717, 1.165) is 6.07 Å². The summed E-state index contributed by atoms with van der Waals surface area (Å²) in [7, 11) is -3.62. The van der Waals surface area contributed by atoms with Crippen LogP contribution in [0.25, 0.3) is 0 Å². The highest BCUT2D eigenvalue weighted by Gasteiger charge is 2.18. The molecule has 0 bridgehead atoms. The Balaban J connectivity index is 2.36. The van der Waals surface area contributed by atoms with Gasteiger partial charge in [-0.05, 0) is 17.7 Å².